The smallest absolute Gasteiger partial charge is 0.264 e. The van der Waals surface area contributed by atoms with E-state index >= 15 is 0 Å². The normalized spacial score (nSPS) is 10.8. The molecule has 0 saturated heterocycles. The number of rotatable bonds is 6. The summed E-state index contributed by atoms with van der Waals surface area (Å²) in [4.78, 5) is 11.5. The number of hydrogen-bond acceptors (Lipinski definition) is 7. The van der Waals surface area contributed by atoms with Gasteiger partial charge in [-0.1, -0.05) is 0 Å². The molecular weight excluding hydrogens is 348 g/mol. The van der Waals surface area contributed by atoms with Crippen LogP contribution in [0.4, 0.5) is 5.88 Å². The number of nitrogens with zero attached hydrogens (tertiary/aromatic N) is 1. The Bertz CT molecular complexity index is 969. The Balaban J connectivity index is 2.49. The van der Waals surface area contributed by atoms with Gasteiger partial charge >= 0.3 is 0 Å². The van der Waals surface area contributed by atoms with E-state index in [1.54, 1.807) is 6.07 Å². The number of nitriles is 1. The van der Waals surface area contributed by atoms with Crippen molar-refractivity contribution in [2.45, 2.75) is 18.7 Å². The van der Waals surface area contributed by atoms with Crippen molar-refractivity contribution in [3.63, 3.8) is 0 Å². The lowest BCUT2D eigenvalue weighted by molar-refractivity contribution is 0.101. The number of furan rings is 1. The van der Waals surface area contributed by atoms with Crippen molar-refractivity contribution in [3.05, 3.63) is 35.1 Å². The SMILES string of the molecule is COc1ccc(S(=O)(=O)Nc2oc(C)c(C(C)=O)c2C#N)cc1OC. The summed E-state index contributed by atoms with van der Waals surface area (Å²) in [6, 6.07) is 5.82. The first kappa shape index (κ1) is 18.4. The summed E-state index contributed by atoms with van der Waals surface area (Å²) in [6.45, 7) is 2.75. The van der Waals surface area contributed by atoms with Gasteiger partial charge in [-0.3, -0.25) is 4.79 Å². The van der Waals surface area contributed by atoms with Crippen LogP contribution in [0.5, 0.6) is 11.5 Å². The molecule has 1 aromatic heterocycles. The second-order valence-electron chi connectivity index (χ2n) is 5.03. The minimum Gasteiger partial charge on any atom is -0.493 e. The highest BCUT2D eigenvalue weighted by Gasteiger charge is 2.26. The van der Waals surface area contributed by atoms with Gasteiger partial charge in [-0.25, -0.2) is 13.1 Å². The van der Waals surface area contributed by atoms with E-state index in [4.69, 9.17) is 13.9 Å². The van der Waals surface area contributed by atoms with E-state index in [0.29, 0.717) is 5.75 Å². The maximum absolute atomic E-state index is 12.6. The maximum Gasteiger partial charge on any atom is 0.264 e. The van der Waals surface area contributed by atoms with E-state index in [2.05, 4.69) is 4.72 Å². The summed E-state index contributed by atoms with van der Waals surface area (Å²) in [5, 5.41) is 9.25. The van der Waals surface area contributed by atoms with E-state index in [0.717, 1.165) is 0 Å². The average molecular weight is 364 g/mol. The molecular formula is C16H16N2O6S. The predicted molar refractivity (Wildman–Crippen MR) is 88.5 cm³/mol. The van der Waals surface area contributed by atoms with Crippen LogP contribution < -0.4 is 14.2 Å². The molecule has 1 aromatic carbocycles. The van der Waals surface area contributed by atoms with Crippen molar-refractivity contribution in [3.8, 4) is 17.6 Å². The predicted octanol–water partition coefficient (Wildman–Crippen LogP) is 2.48. The fourth-order valence-electron chi connectivity index (χ4n) is 2.31. The Hall–Kier alpha value is -2.99. The van der Waals surface area contributed by atoms with Crippen LogP contribution in [0.1, 0.15) is 28.6 Å². The summed E-state index contributed by atoms with van der Waals surface area (Å²) in [6.07, 6.45) is 0. The largest absolute Gasteiger partial charge is 0.493 e. The molecule has 0 radical (unpaired) electrons. The van der Waals surface area contributed by atoms with Crippen molar-refractivity contribution in [1.82, 2.24) is 0 Å². The van der Waals surface area contributed by atoms with Crippen molar-refractivity contribution in [2.75, 3.05) is 18.9 Å². The van der Waals surface area contributed by atoms with E-state index < -0.39 is 15.8 Å². The zero-order chi connectivity index (χ0) is 18.8. The van der Waals surface area contributed by atoms with E-state index in [1.165, 1.54) is 46.3 Å². The first-order valence-electron chi connectivity index (χ1n) is 7.04. The number of hydrogen-bond donors (Lipinski definition) is 1. The molecule has 2 rings (SSSR count). The number of ketones is 1. The van der Waals surface area contributed by atoms with E-state index in [1.807, 2.05) is 0 Å². The van der Waals surface area contributed by atoms with Gasteiger partial charge in [-0.05, 0) is 26.0 Å². The van der Waals surface area contributed by atoms with Gasteiger partial charge in [0.15, 0.2) is 17.3 Å². The first-order valence-corrected chi connectivity index (χ1v) is 8.52. The monoisotopic (exact) mass is 364 g/mol. The van der Waals surface area contributed by atoms with Crippen LogP contribution in [-0.4, -0.2) is 28.4 Å². The molecule has 1 N–H and O–H groups in total. The second kappa shape index (κ2) is 6.86. The molecule has 0 saturated carbocycles. The summed E-state index contributed by atoms with van der Waals surface area (Å²) < 4.78 is 42.7. The molecule has 132 valence electrons. The van der Waals surface area contributed by atoms with Gasteiger partial charge in [0.2, 0.25) is 5.88 Å². The number of sulfonamides is 1. The van der Waals surface area contributed by atoms with Crippen LogP contribution in [0, 0.1) is 18.3 Å². The second-order valence-corrected chi connectivity index (χ2v) is 6.71. The van der Waals surface area contributed by atoms with Crippen molar-refractivity contribution >= 4 is 21.7 Å². The molecule has 0 aliphatic heterocycles. The zero-order valence-electron chi connectivity index (χ0n) is 14.0. The highest BCUT2D eigenvalue weighted by Crippen LogP contribution is 2.32. The number of ether oxygens (including phenoxy) is 2. The van der Waals surface area contributed by atoms with Gasteiger partial charge in [-0.15, -0.1) is 0 Å². The lowest BCUT2D eigenvalue weighted by atomic mass is 10.1. The molecule has 0 bridgehead atoms. The number of anilines is 1. The summed E-state index contributed by atoms with van der Waals surface area (Å²) in [7, 11) is -1.27. The minimum atomic E-state index is -4.07. The Morgan fingerprint density at radius 3 is 2.40 bits per heavy atom. The van der Waals surface area contributed by atoms with Crippen LogP contribution >= 0.6 is 0 Å². The molecule has 0 aliphatic rings. The fraction of sp³-hybridized carbons (Fsp3) is 0.250. The van der Waals surface area contributed by atoms with Gasteiger partial charge in [-0.2, -0.15) is 5.26 Å². The number of aryl methyl sites for hydroxylation is 1. The maximum atomic E-state index is 12.6. The van der Waals surface area contributed by atoms with Crippen molar-refractivity contribution in [2.24, 2.45) is 0 Å². The number of Topliss-reactive ketones (excluding diaryl/α,β-unsaturated/α-hetero) is 1. The molecule has 0 unspecified atom stereocenters. The zero-order valence-corrected chi connectivity index (χ0v) is 14.9. The Morgan fingerprint density at radius 2 is 1.88 bits per heavy atom. The third-order valence-corrected chi connectivity index (χ3v) is 4.77. The molecule has 0 atom stereocenters. The number of carbonyl (C=O) groups excluding carboxylic acids is 1. The molecule has 0 spiro atoms. The highest BCUT2D eigenvalue weighted by molar-refractivity contribution is 7.92. The summed E-state index contributed by atoms with van der Waals surface area (Å²) in [5.74, 6) is 0.0567. The van der Waals surface area contributed by atoms with Crippen LogP contribution in [0.25, 0.3) is 0 Å². The fourth-order valence-corrected chi connectivity index (χ4v) is 3.33. The Morgan fingerprint density at radius 1 is 1.24 bits per heavy atom. The number of benzene rings is 1. The van der Waals surface area contributed by atoms with Crippen LogP contribution in [0.2, 0.25) is 0 Å². The molecule has 1 heterocycles. The third-order valence-electron chi connectivity index (χ3n) is 3.44. The number of methoxy groups -OCH3 is 2. The lowest BCUT2D eigenvalue weighted by Crippen LogP contribution is -2.13. The Kier molecular flexibility index (Phi) is 5.04. The van der Waals surface area contributed by atoms with Gasteiger partial charge in [0.25, 0.3) is 10.0 Å². The molecule has 0 fully saturated rings. The summed E-state index contributed by atoms with van der Waals surface area (Å²) >= 11 is 0. The molecule has 9 heteroatoms. The number of carbonyl (C=O) groups is 1. The third kappa shape index (κ3) is 3.44. The van der Waals surface area contributed by atoms with Crippen LogP contribution in [0.15, 0.2) is 27.5 Å². The quantitative estimate of drug-likeness (QED) is 0.782. The lowest BCUT2D eigenvalue weighted by Gasteiger charge is -2.10. The van der Waals surface area contributed by atoms with E-state index in [-0.39, 0.29) is 33.4 Å². The van der Waals surface area contributed by atoms with E-state index in [9.17, 15) is 18.5 Å². The van der Waals surface area contributed by atoms with Crippen molar-refractivity contribution < 1.29 is 27.1 Å². The molecule has 0 amide bonds. The van der Waals surface area contributed by atoms with Crippen molar-refractivity contribution in [1.29, 1.82) is 5.26 Å². The van der Waals surface area contributed by atoms with Gasteiger partial charge in [0, 0.05) is 6.07 Å². The van der Waals surface area contributed by atoms with Gasteiger partial charge < -0.3 is 13.9 Å². The van der Waals surface area contributed by atoms with Gasteiger partial charge in [0.1, 0.15) is 17.4 Å². The topological polar surface area (TPSA) is 119 Å². The molecule has 0 aliphatic carbocycles. The van der Waals surface area contributed by atoms with Gasteiger partial charge in [0.05, 0.1) is 24.7 Å². The van der Waals surface area contributed by atoms with Crippen LogP contribution in [-0.2, 0) is 10.0 Å². The minimum absolute atomic E-state index is 0.0486. The molecule has 2 aromatic rings. The van der Waals surface area contributed by atoms with Crippen LogP contribution in [0.3, 0.4) is 0 Å². The highest BCUT2D eigenvalue weighted by atomic mass is 32.2. The number of nitrogens with one attached hydrogen (secondary N) is 1. The standard InChI is InChI=1S/C16H16N2O6S/c1-9(19)15-10(2)24-16(12(15)8-17)18-25(20,21)11-5-6-13(22-3)14(7-11)23-4/h5-7,18H,1-4H3. The summed E-state index contributed by atoms with van der Waals surface area (Å²) in [5.41, 5.74) is -0.110. The molecule has 8 nitrogen and oxygen atoms in total. The average Bonchev–Trinajstić information content (AvgIpc) is 2.88. The first-order chi connectivity index (χ1) is 11.7. The molecule has 25 heavy (non-hydrogen) atoms. The Labute approximate surface area is 145 Å².